The Labute approximate surface area is 147 Å². The highest BCUT2D eigenvalue weighted by atomic mass is 35.5. The Hall–Kier alpha value is -2.20. The van der Waals surface area contributed by atoms with E-state index >= 15 is 0 Å². The van der Waals surface area contributed by atoms with Gasteiger partial charge in [0.2, 0.25) is 0 Å². The molecular weight excluding hydrogens is 324 g/mol. The third-order valence-corrected chi connectivity index (χ3v) is 4.43. The Morgan fingerprint density at radius 1 is 1.21 bits per heavy atom. The number of halogens is 1. The summed E-state index contributed by atoms with van der Waals surface area (Å²) < 4.78 is 5.55. The number of para-hydroxylation sites is 1. The number of ether oxygens (including phenoxy) is 1. The lowest BCUT2D eigenvalue weighted by Gasteiger charge is -2.19. The second-order valence-electron chi connectivity index (χ2n) is 5.96. The van der Waals surface area contributed by atoms with Gasteiger partial charge in [0.15, 0.2) is 6.61 Å². The predicted octanol–water partition coefficient (Wildman–Crippen LogP) is 4.27. The van der Waals surface area contributed by atoms with Crippen molar-refractivity contribution in [1.29, 1.82) is 0 Å². The van der Waals surface area contributed by atoms with Gasteiger partial charge in [0.1, 0.15) is 5.75 Å². The molecule has 2 aromatic rings. The zero-order chi connectivity index (χ0) is 16.9. The minimum Gasteiger partial charge on any atom is -0.483 e. The predicted molar refractivity (Wildman–Crippen MR) is 98.2 cm³/mol. The maximum absolute atomic E-state index is 12.1. The molecular formula is C19H21ClN2O2. The summed E-state index contributed by atoms with van der Waals surface area (Å²) in [5, 5.41) is 3.48. The SMILES string of the molecule is Cc1ccccc1OCC(=O)Nc1ccc(N2CCCC2)c(Cl)c1. The third kappa shape index (κ3) is 4.01. The summed E-state index contributed by atoms with van der Waals surface area (Å²) in [5.74, 6) is 0.512. The van der Waals surface area contributed by atoms with Crippen molar-refractivity contribution < 1.29 is 9.53 Å². The summed E-state index contributed by atoms with van der Waals surface area (Å²) in [6.07, 6.45) is 2.40. The van der Waals surface area contributed by atoms with Crippen LogP contribution < -0.4 is 15.0 Å². The highest BCUT2D eigenvalue weighted by Crippen LogP contribution is 2.31. The number of anilines is 2. The number of aryl methyl sites for hydroxylation is 1. The molecule has 1 heterocycles. The van der Waals surface area contributed by atoms with E-state index in [4.69, 9.17) is 16.3 Å². The highest BCUT2D eigenvalue weighted by Gasteiger charge is 2.15. The fourth-order valence-electron chi connectivity index (χ4n) is 2.86. The summed E-state index contributed by atoms with van der Waals surface area (Å²) in [6, 6.07) is 13.3. The van der Waals surface area contributed by atoms with Crippen LogP contribution >= 0.6 is 11.6 Å². The molecule has 0 unspecified atom stereocenters. The zero-order valence-corrected chi connectivity index (χ0v) is 14.5. The molecule has 2 aromatic carbocycles. The molecule has 1 aliphatic heterocycles. The van der Waals surface area contributed by atoms with Gasteiger partial charge in [-0.05, 0) is 49.6 Å². The molecule has 0 atom stereocenters. The molecule has 5 heteroatoms. The van der Waals surface area contributed by atoms with E-state index in [0.717, 1.165) is 30.1 Å². The first kappa shape index (κ1) is 16.7. The van der Waals surface area contributed by atoms with Crippen LogP contribution in [0.25, 0.3) is 0 Å². The average Bonchev–Trinajstić information content (AvgIpc) is 3.08. The Bertz CT molecular complexity index is 727. The second-order valence-corrected chi connectivity index (χ2v) is 6.37. The van der Waals surface area contributed by atoms with Crippen molar-refractivity contribution in [2.75, 3.05) is 29.9 Å². The van der Waals surface area contributed by atoms with Crippen LogP contribution in [0.2, 0.25) is 5.02 Å². The van der Waals surface area contributed by atoms with E-state index in [0.29, 0.717) is 10.7 Å². The summed E-state index contributed by atoms with van der Waals surface area (Å²) in [5.41, 5.74) is 2.72. The number of nitrogens with one attached hydrogen (secondary N) is 1. The van der Waals surface area contributed by atoms with E-state index in [1.54, 1.807) is 6.07 Å². The van der Waals surface area contributed by atoms with Gasteiger partial charge in [-0.15, -0.1) is 0 Å². The van der Waals surface area contributed by atoms with E-state index in [2.05, 4.69) is 10.2 Å². The van der Waals surface area contributed by atoms with Crippen LogP contribution in [0, 0.1) is 6.92 Å². The van der Waals surface area contributed by atoms with Crippen molar-refractivity contribution in [1.82, 2.24) is 0 Å². The van der Waals surface area contributed by atoms with Gasteiger partial charge >= 0.3 is 0 Å². The molecule has 0 saturated carbocycles. The number of carbonyl (C=O) groups is 1. The first-order chi connectivity index (χ1) is 11.6. The van der Waals surface area contributed by atoms with Crippen molar-refractivity contribution >= 4 is 28.9 Å². The second kappa shape index (κ2) is 7.58. The summed E-state index contributed by atoms with van der Waals surface area (Å²) >= 11 is 6.36. The standard InChI is InChI=1S/C19H21ClN2O2/c1-14-6-2-3-7-18(14)24-13-19(23)21-15-8-9-17(16(20)12-15)22-10-4-5-11-22/h2-3,6-9,12H,4-5,10-11,13H2,1H3,(H,21,23). The average molecular weight is 345 g/mol. The van der Waals surface area contributed by atoms with Crippen molar-refractivity contribution in [3.8, 4) is 5.75 Å². The number of nitrogens with zero attached hydrogens (tertiary/aromatic N) is 1. The van der Waals surface area contributed by atoms with Gasteiger partial charge in [0, 0.05) is 18.8 Å². The van der Waals surface area contributed by atoms with E-state index in [1.165, 1.54) is 12.8 Å². The van der Waals surface area contributed by atoms with Crippen LogP contribution in [-0.4, -0.2) is 25.6 Å². The van der Waals surface area contributed by atoms with Gasteiger partial charge < -0.3 is 15.0 Å². The zero-order valence-electron chi connectivity index (χ0n) is 13.7. The van der Waals surface area contributed by atoms with Crippen molar-refractivity contribution in [3.63, 3.8) is 0 Å². The third-order valence-electron chi connectivity index (χ3n) is 4.13. The molecule has 4 nitrogen and oxygen atoms in total. The Balaban J connectivity index is 1.58. The molecule has 1 amide bonds. The summed E-state index contributed by atoms with van der Waals surface area (Å²) in [4.78, 5) is 14.3. The van der Waals surface area contributed by atoms with Crippen molar-refractivity contribution in [3.05, 3.63) is 53.1 Å². The minimum atomic E-state index is -0.205. The first-order valence-electron chi connectivity index (χ1n) is 8.16. The first-order valence-corrected chi connectivity index (χ1v) is 8.54. The van der Waals surface area contributed by atoms with Crippen LogP contribution in [0.4, 0.5) is 11.4 Å². The fraction of sp³-hybridized carbons (Fsp3) is 0.316. The van der Waals surface area contributed by atoms with Crippen LogP contribution in [-0.2, 0) is 4.79 Å². The minimum absolute atomic E-state index is 0.0314. The number of carbonyl (C=O) groups excluding carboxylic acids is 1. The normalized spacial score (nSPS) is 13.8. The number of amides is 1. The lowest BCUT2D eigenvalue weighted by Crippen LogP contribution is -2.21. The van der Waals surface area contributed by atoms with E-state index in [1.807, 2.05) is 43.3 Å². The number of rotatable bonds is 5. The van der Waals surface area contributed by atoms with Gasteiger partial charge in [-0.2, -0.15) is 0 Å². The van der Waals surface area contributed by atoms with E-state index in [-0.39, 0.29) is 12.5 Å². The van der Waals surface area contributed by atoms with Crippen LogP contribution in [0.15, 0.2) is 42.5 Å². The monoisotopic (exact) mass is 344 g/mol. The van der Waals surface area contributed by atoms with Crippen molar-refractivity contribution in [2.24, 2.45) is 0 Å². The number of hydrogen-bond acceptors (Lipinski definition) is 3. The van der Waals surface area contributed by atoms with E-state index < -0.39 is 0 Å². The van der Waals surface area contributed by atoms with Crippen LogP contribution in [0.1, 0.15) is 18.4 Å². The van der Waals surface area contributed by atoms with Gasteiger partial charge in [-0.3, -0.25) is 4.79 Å². The molecule has 1 fully saturated rings. The molecule has 0 spiro atoms. The molecule has 126 valence electrons. The van der Waals surface area contributed by atoms with Crippen LogP contribution in [0.3, 0.4) is 0 Å². The lowest BCUT2D eigenvalue weighted by molar-refractivity contribution is -0.118. The quantitative estimate of drug-likeness (QED) is 0.880. The van der Waals surface area contributed by atoms with Gasteiger partial charge in [-0.1, -0.05) is 29.8 Å². The summed E-state index contributed by atoms with van der Waals surface area (Å²) in [7, 11) is 0. The molecule has 0 aromatic heterocycles. The van der Waals surface area contributed by atoms with Gasteiger partial charge in [-0.25, -0.2) is 0 Å². The molecule has 1 saturated heterocycles. The molecule has 0 bridgehead atoms. The van der Waals surface area contributed by atoms with Crippen LogP contribution in [0.5, 0.6) is 5.75 Å². The molecule has 24 heavy (non-hydrogen) atoms. The maximum atomic E-state index is 12.1. The Morgan fingerprint density at radius 3 is 2.67 bits per heavy atom. The Morgan fingerprint density at radius 2 is 1.96 bits per heavy atom. The van der Waals surface area contributed by atoms with Gasteiger partial charge in [0.05, 0.1) is 10.7 Å². The fourth-order valence-corrected chi connectivity index (χ4v) is 3.16. The molecule has 3 rings (SSSR count). The molecule has 0 radical (unpaired) electrons. The molecule has 1 aliphatic rings. The largest absolute Gasteiger partial charge is 0.483 e. The number of hydrogen-bond donors (Lipinski definition) is 1. The lowest BCUT2D eigenvalue weighted by atomic mass is 10.2. The van der Waals surface area contributed by atoms with Crippen molar-refractivity contribution in [2.45, 2.75) is 19.8 Å². The molecule has 0 aliphatic carbocycles. The Kier molecular flexibility index (Phi) is 5.26. The molecule has 1 N–H and O–H groups in total. The number of benzene rings is 2. The smallest absolute Gasteiger partial charge is 0.262 e. The summed E-state index contributed by atoms with van der Waals surface area (Å²) in [6.45, 7) is 3.99. The topological polar surface area (TPSA) is 41.6 Å². The maximum Gasteiger partial charge on any atom is 0.262 e. The van der Waals surface area contributed by atoms with E-state index in [9.17, 15) is 4.79 Å². The van der Waals surface area contributed by atoms with Gasteiger partial charge in [0.25, 0.3) is 5.91 Å². The highest BCUT2D eigenvalue weighted by molar-refractivity contribution is 6.33.